The Morgan fingerprint density at radius 2 is 0.889 bits per heavy atom. The molecule has 5 heteroatoms. The molecular formula is C58H36N4O. The van der Waals surface area contributed by atoms with Gasteiger partial charge in [-0.15, -0.1) is 0 Å². The fraction of sp³-hybridized carbons (Fsp3) is 0. The molecule has 0 aliphatic heterocycles. The maximum atomic E-state index is 6.28. The van der Waals surface area contributed by atoms with Gasteiger partial charge in [-0.2, -0.15) is 0 Å². The molecule has 0 amide bonds. The molecule has 0 radical (unpaired) electrons. The highest BCUT2D eigenvalue weighted by atomic mass is 16.3. The average molecular weight is 805 g/mol. The van der Waals surface area contributed by atoms with Crippen molar-refractivity contribution >= 4 is 65.6 Å². The van der Waals surface area contributed by atoms with Gasteiger partial charge in [-0.1, -0.05) is 158 Å². The third-order valence-electron chi connectivity index (χ3n) is 12.5. The molecule has 0 unspecified atom stereocenters. The molecule has 0 N–H and O–H groups in total. The van der Waals surface area contributed by atoms with E-state index in [0.717, 1.165) is 94.4 Å². The van der Waals surface area contributed by atoms with E-state index in [-0.39, 0.29) is 0 Å². The van der Waals surface area contributed by atoms with Crippen LogP contribution in [0.1, 0.15) is 0 Å². The highest BCUT2D eigenvalue weighted by Crippen LogP contribution is 2.43. The zero-order valence-electron chi connectivity index (χ0n) is 34.0. The third kappa shape index (κ3) is 5.64. The summed E-state index contributed by atoms with van der Waals surface area (Å²) in [5.41, 5.74) is 14.8. The number of hydrogen-bond donors (Lipinski definition) is 0. The molecule has 0 fully saturated rings. The van der Waals surface area contributed by atoms with Crippen LogP contribution >= 0.6 is 0 Å². The minimum atomic E-state index is 0.681. The molecule has 9 aromatic carbocycles. The zero-order chi connectivity index (χ0) is 41.4. The van der Waals surface area contributed by atoms with Crippen molar-refractivity contribution in [2.24, 2.45) is 0 Å². The summed E-state index contributed by atoms with van der Waals surface area (Å²) in [6, 6.07) is 77.5. The third-order valence-corrected chi connectivity index (χ3v) is 12.5. The minimum Gasteiger partial charge on any atom is -0.456 e. The fourth-order valence-electron chi connectivity index (χ4n) is 9.65. The van der Waals surface area contributed by atoms with Gasteiger partial charge in [0.25, 0.3) is 0 Å². The normalized spacial score (nSPS) is 11.8. The minimum absolute atomic E-state index is 0.681. The average Bonchev–Trinajstić information content (AvgIpc) is 4.01. The van der Waals surface area contributed by atoms with E-state index >= 15 is 0 Å². The standard InChI is InChI=1S/C58H36N4O/c1-4-16-37(17-5-1)46-34-48-43-23-11-13-25-51(43)61(41-29-31-56-49(33-41)45-24-12-15-27-55(45)63-56)54(48)35-47(46)40-28-30-44-42-22-10-14-26-52(42)62(53(44)32-40)57-36-50(38-18-6-2-7-19-38)59-58(60-57)39-20-8-3-9-21-39/h1-36H. The van der Waals surface area contributed by atoms with Crippen LogP contribution in [0.15, 0.2) is 223 Å². The summed E-state index contributed by atoms with van der Waals surface area (Å²) in [5.74, 6) is 1.49. The lowest BCUT2D eigenvalue weighted by atomic mass is 9.92. The number of furan rings is 1. The van der Waals surface area contributed by atoms with Crippen LogP contribution in [-0.2, 0) is 0 Å². The first-order valence-electron chi connectivity index (χ1n) is 21.3. The predicted molar refractivity (Wildman–Crippen MR) is 260 cm³/mol. The number of benzene rings is 9. The van der Waals surface area contributed by atoms with Crippen LogP contribution in [0.4, 0.5) is 0 Å². The molecule has 63 heavy (non-hydrogen) atoms. The van der Waals surface area contributed by atoms with Crippen molar-refractivity contribution in [3.05, 3.63) is 218 Å². The maximum Gasteiger partial charge on any atom is 0.162 e. The van der Waals surface area contributed by atoms with Crippen LogP contribution in [0.2, 0.25) is 0 Å². The molecule has 0 bridgehead atoms. The summed E-state index contributed by atoms with van der Waals surface area (Å²) in [6.45, 7) is 0. The van der Waals surface area contributed by atoms with E-state index in [0.29, 0.717) is 5.82 Å². The second kappa shape index (κ2) is 14.0. The van der Waals surface area contributed by atoms with Crippen molar-refractivity contribution < 1.29 is 4.42 Å². The number of rotatable bonds is 6. The quantitative estimate of drug-likeness (QED) is 0.168. The lowest BCUT2D eigenvalue weighted by Gasteiger charge is -2.15. The largest absolute Gasteiger partial charge is 0.456 e. The van der Waals surface area contributed by atoms with Crippen molar-refractivity contribution in [3.63, 3.8) is 0 Å². The van der Waals surface area contributed by atoms with Crippen molar-refractivity contribution in [1.82, 2.24) is 19.1 Å². The van der Waals surface area contributed by atoms with Crippen LogP contribution in [0.5, 0.6) is 0 Å². The SMILES string of the molecule is c1ccc(-c2cc(-n3c4ccccc4c4ccc(-c5cc6c(cc5-c5ccccc5)c5ccccc5n6-c5ccc6oc7ccccc7c6c5)cc43)nc(-c3ccccc3)n2)cc1. The zero-order valence-corrected chi connectivity index (χ0v) is 34.0. The van der Waals surface area contributed by atoms with Gasteiger partial charge in [0, 0.05) is 55.2 Å². The lowest BCUT2D eigenvalue weighted by molar-refractivity contribution is 0.669. The molecule has 13 aromatic rings. The van der Waals surface area contributed by atoms with Gasteiger partial charge >= 0.3 is 0 Å². The first-order chi connectivity index (χ1) is 31.2. The predicted octanol–water partition coefficient (Wildman–Crippen LogP) is 15.2. The Morgan fingerprint density at radius 3 is 1.65 bits per heavy atom. The van der Waals surface area contributed by atoms with E-state index in [4.69, 9.17) is 14.4 Å². The van der Waals surface area contributed by atoms with Crippen LogP contribution in [0.25, 0.3) is 122 Å². The second-order valence-corrected chi connectivity index (χ2v) is 16.2. The highest BCUT2D eigenvalue weighted by Gasteiger charge is 2.21. The van der Waals surface area contributed by atoms with E-state index in [1.807, 2.05) is 36.4 Å². The molecule has 0 aliphatic rings. The number of nitrogens with zero attached hydrogens (tertiary/aromatic N) is 4. The van der Waals surface area contributed by atoms with E-state index in [1.165, 1.54) is 21.7 Å². The Kier molecular flexibility index (Phi) is 7.84. The van der Waals surface area contributed by atoms with Gasteiger partial charge in [0.15, 0.2) is 5.82 Å². The maximum absolute atomic E-state index is 6.28. The van der Waals surface area contributed by atoms with Gasteiger partial charge in [0.2, 0.25) is 0 Å². The van der Waals surface area contributed by atoms with E-state index in [1.54, 1.807) is 0 Å². The lowest BCUT2D eigenvalue weighted by Crippen LogP contribution is -2.02. The van der Waals surface area contributed by atoms with E-state index in [9.17, 15) is 0 Å². The fourth-order valence-corrected chi connectivity index (χ4v) is 9.65. The summed E-state index contributed by atoms with van der Waals surface area (Å²) >= 11 is 0. The van der Waals surface area contributed by atoms with Gasteiger partial charge in [-0.05, 0) is 76.9 Å². The number of para-hydroxylation sites is 3. The number of fused-ring (bicyclic) bond motifs is 9. The van der Waals surface area contributed by atoms with Gasteiger partial charge in [-0.3, -0.25) is 4.57 Å². The highest BCUT2D eigenvalue weighted by molar-refractivity contribution is 6.15. The van der Waals surface area contributed by atoms with Gasteiger partial charge in [0.1, 0.15) is 17.0 Å². The molecule has 0 aliphatic carbocycles. The molecule has 0 atom stereocenters. The summed E-state index contributed by atoms with van der Waals surface area (Å²) in [4.78, 5) is 10.5. The van der Waals surface area contributed by atoms with Crippen molar-refractivity contribution in [1.29, 1.82) is 0 Å². The van der Waals surface area contributed by atoms with E-state index < -0.39 is 0 Å². The smallest absolute Gasteiger partial charge is 0.162 e. The molecular weight excluding hydrogens is 769 g/mol. The number of aromatic nitrogens is 4. The molecule has 4 aromatic heterocycles. The number of hydrogen-bond acceptors (Lipinski definition) is 3. The van der Waals surface area contributed by atoms with Gasteiger partial charge in [0.05, 0.1) is 27.8 Å². The molecule has 0 saturated carbocycles. The monoisotopic (exact) mass is 804 g/mol. The summed E-state index contributed by atoms with van der Waals surface area (Å²) in [6.07, 6.45) is 0. The van der Waals surface area contributed by atoms with Crippen LogP contribution in [-0.4, -0.2) is 19.1 Å². The molecule has 4 heterocycles. The van der Waals surface area contributed by atoms with E-state index in [2.05, 4.69) is 191 Å². The van der Waals surface area contributed by atoms with Gasteiger partial charge in [-0.25, -0.2) is 9.97 Å². The Bertz CT molecular complexity index is 3840. The van der Waals surface area contributed by atoms with Crippen molar-refractivity contribution in [2.45, 2.75) is 0 Å². The summed E-state index contributed by atoms with van der Waals surface area (Å²) < 4.78 is 11.0. The van der Waals surface area contributed by atoms with Crippen LogP contribution in [0.3, 0.4) is 0 Å². The summed E-state index contributed by atoms with van der Waals surface area (Å²) in [7, 11) is 0. The molecule has 0 spiro atoms. The van der Waals surface area contributed by atoms with Gasteiger partial charge < -0.3 is 8.98 Å². The Labute approximate surface area is 362 Å². The molecule has 0 saturated heterocycles. The Balaban J connectivity index is 1.09. The molecule has 5 nitrogen and oxygen atoms in total. The summed E-state index contributed by atoms with van der Waals surface area (Å²) in [5, 5.41) is 6.94. The topological polar surface area (TPSA) is 48.8 Å². The molecule has 13 rings (SSSR count). The van der Waals surface area contributed by atoms with Crippen molar-refractivity contribution in [3.8, 4) is 56.4 Å². The molecule has 294 valence electrons. The second-order valence-electron chi connectivity index (χ2n) is 16.2. The Morgan fingerprint density at radius 1 is 0.317 bits per heavy atom. The van der Waals surface area contributed by atoms with Crippen LogP contribution < -0.4 is 0 Å². The Hall–Kier alpha value is -8.54. The van der Waals surface area contributed by atoms with Crippen molar-refractivity contribution in [2.75, 3.05) is 0 Å². The first kappa shape index (κ1) is 35.2. The van der Waals surface area contributed by atoms with Crippen LogP contribution in [0, 0.1) is 0 Å². The first-order valence-corrected chi connectivity index (χ1v) is 21.3.